The molecule has 0 radical (unpaired) electrons. The zero-order valence-corrected chi connectivity index (χ0v) is 14.8. The van der Waals surface area contributed by atoms with Crippen molar-refractivity contribution in [3.8, 4) is 5.75 Å². The molecule has 5 nitrogen and oxygen atoms in total. The quantitative estimate of drug-likeness (QED) is 0.773. The first-order valence-electron chi connectivity index (χ1n) is 7.78. The molecular formula is C18H20N2O3S. The Morgan fingerprint density at radius 3 is 2.83 bits per heavy atom. The molecule has 3 rings (SSSR count). The molecule has 6 heteroatoms. The summed E-state index contributed by atoms with van der Waals surface area (Å²) >= 11 is 1.49. The van der Waals surface area contributed by atoms with Crippen LogP contribution in [0, 0.1) is 20.8 Å². The molecule has 1 unspecified atom stereocenters. The van der Waals surface area contributed by atoms with Crippen LogP contribution in [-0.2, 0) is 6.54 Å². The Balaban J connectivity index is 1.69. The van der Waals surface area contributed by atoms with Crippen molar-refractivity contribution in [3.05, 3.63) is 57.0 Å². The van der Waals surface area contributed by atoms with Gasteiger partial charge in [0.15, 0.2) is 0 Å². The molecule has 126 valence electrons. The largest absolute Gasteiger partial charge is 0.491 e. The van der Waals surface area contributed by atoms with Crippen LogP contribution in [0.2, 0.25) is 0 Å². The number of benzene rings is 1. The molecule has 2 heterocycles. The molecule has 0 amide bonds. The molecule has 0 saturated heterocycles. The van der Waals surface area contributed by atoms with Gasteiger partial charge in [-0.1, -0.05) is 17.7 Å². The van der Waals surface area contributed by atoms with Gasteiger partial charge in [0.25, 0.3) is 5.56 Å². The number of aryl methyl sites for hydroxylation is 3. The summed E-state index contributed by atoms with van der Waals surface area (Å²) < 4.78 is 7.11. The Hall–Kier alpha value is -2.18. The summed E-state index contributed by atoms with van der Waals surface area (Å²) in [6, 6.07) is 7.73. The summed E-state index contributed by atoms with van der Waals surface area (Å²) in [4.78, 5) is 18.5. The minimum Gasteiger partial charge on any atom is -0.491 e. The zero-order valence-electron chi connectivity index (χ0n) is 13.9. The van der Waals surface area contributed by atoms with Gasteiger partial charge in [0.05, 0.1) is 18.3 Å². The maximum absolute atomic E-state index is 12.4. The lowest BCUT2D eigenvalue weighted by Crippen LogP contribution is -2.30. The number of nitrogens with zero attached hydrogens (tertiary/aromatic N) is 2. The fourth-order valence-corrected chi connectivity index (χ4v) is 3.48. The van der Waals surface area contributed by atoms with Crippen LogP contribution in [0.15, 0.2) is 35.4 Å². The molecule has 0 bridgehead atoms. The lowest BCUT2D eigenvalue weighted by atomic mass is 10.1. The van der Waals surface area contributed by atoms with Crippen molar-refractivity contribution < 1.29 is 9.84 Å². The summed E-state index contributed by atoms with van der Waals surface area (Å²) in [6.45, 7) is 6.21. The van der Waals surface area contributed by atoms with Gasteiger partial charge in [-0.15, -0.1) is 11.3 Å². The Morgan fingerprint density at radius 1 is 1.29 bits per heavy atom. The number of aliphatic hydroxyl groups is 1. The van der Waals surface area contributed by atoms with Crippen LogP contribution in [0.1, 0.15) is 16.0 Å². The highest BCUT2D eigenvalue weighted by Crippen LogP contribution is 2.20. The van der Waals surface area contributed by atoms with Gasteiger partial charge in [-0.25, -0.2) is 4.98 Å². The monoisotopic (exact) mass is 344 g/mol. The predicted molar refractivity (Wildman–Crippen MR) is 96.0 cm³/mol. The van der Waals surface area contributed by atoms with E-state index in [2.05, 4.69) is 4.98 Å². The first-order valence-corrected chi connectivity index (χ1v) is 8.59. The van der Waals surface area contributed by atoms with E-state index in [1.54, 1.807) is 0 Å². The third-order valence-corrected chi connectivity index (χ3v) is 4.77. The number of aromatic nitrogens is 2. The topological polar surface area (TPSA) is 64.3 Å². The average molecular weight is 344 g/mol. The van der Waals surface area contributed by atoms with Crippen LogP contribution in [0.5, 0.6) is 5.75 Å². The van der Waals surface area contributed by atoms with Crippen molar-refractivity contribution in [2.45, 2.75) is 33.4 Å². The van der Waals surface area contributed by atoms with Gasteiger partial charge in [-0.3, -0.25) is 9.36 Å². The molecule has 3 aromatic rings. The van der Waals surface area contributed by atoms with E-state index in [-0.39, 0.29) is 18.7 Å². The summed E-state index contributed by atoms with van der Waals surface area (Å²) in [5.74, 6) is 0.744. The fraction of sp³-hybridized carbons (Fsp3) is 0.333. The molecule has 0 aliphatic carbocycles. The minimum absolute atomic E-state index is 0.122. The fourth-order valence-electron chi connectivity index (χ4n) is 2.64. The minimum atomic E-state index is -0.789. The number of aliphatic hydroxyl groups excluding tert-OH is 1. The molecule has 24 heavy (non-hydrogen) atoms. The SMILES string of the molecule is Cc1ccc(OCC(O)Cn2cnc3sc(C)cc3c2=O)c(C)c1. The van der Waals surface area contributed by atoms with Gasteiger partial charge in [-0.2, -0.15) is 0 Å². The van der Waals surface area contributed by atoms with Crippen molar-refractivity contribution in [2.24, 2.45) is 0 Å². The summed E-state index contributed by atoms with van der Waals surface area (Å²) in [5, 5.41) is 10.8. The second kappa shape index (κ2) is 6.75. The van der Waals surface area contributed by atoms with E-state index in [0.29, 0.717) is 5.39 Å². The van der Waals surface area contributed by atoms with Crippen molar-refractivity contribution in [1.29, 1.82) is 0 Å². The average Bonchev–Trinajstić information content (AvgIpc) is 2.91. The molecule has 0 fully saturated rings. The Morgan fingerprint density at radius 2 is 2.08 bits per heavy atom. The second-order valence-corrected chi connectivity index (χ2v) is 7.25. The zero-order chi connectivity index (χ0) is 17.3. The molecule has 0 aliphatic rings. The van der Waals surface area contributed by atoms with Gasteiger partial charge >= 0.3 is 0 Å². The molecule has 0 spiro atoms. The highest BCUT2D eigenvalue weighted by atomic mass is 32.1. The summed E-state index contributed by atoms with van der Waals surface area (Å²) in [5.41, 5.74) is 2.06. The molecule has 1 N–H and O–H groups in total. The number of thiophene rings is 1. The molecule has 1 aromatic carbocycles. The standard InChI is InChI=1S/C18H20N2O3S/c1-11-4-5-16(12(2)6-11)23-9-14(21)8-20-10-19-17-15(18(20)22)7-13(3)24-17/h4-7,10,14,21H,8-9H2,1-3H3. The number of rotatable bonds is 5. The van der Waals surface area contributed by atoms with Gasteiger partial charge in [0.1, 0.15) is 23.3 Å². The maximum atomic E-state index is 12.4. The molecular weight excluding hydrogens is 324 g/mol. The Bertz CT molecular complexity index is 930. The third-order valence-electron chi connectivity index (χ3n) is 3.81. The lowest BCUT2D eigenvalue weighted by molar-refractivity contribution is 0.0911. The number of hydrogen-bond acceptors (Lipinski definition) is 5. The smallest absolute Gasteiger partial charge is 0.262 e. The number of ether oxygens (including phenoxy) is 1. The maximum Gasteiger partial charge on any atom is 0.262 e. The van der Waals surface area contributed by atoms with E-state index in [9.17, 15) is 9.90 Å². The van der Waals surface area contributed by atoms with E-state index in [1.807, 2.05) is 45.0 Å². The molecule has 2 aromatic heterocycles. The van der Waals surface area contributed by atoms with Crippen LogP contribution in [0.25, 0.3) is 10.2 Å². The van der Waals surface area contributed by atoms with Crippen molar-refractivity contribution >= 4 is 21.6 Å². The normalized spacial score (nSPS) is 12.5. The molecule has 0 aliphatic heterocycles. The summed E-state index contributed by atoms with van der Waals surface area (Å²) in [7, 11) is 0. The lowest BCUT2D eigenvalue weighted by Gasteiger charge is -2.15. The van der Waals surface area contributed by atoms with Gasteiger partial charge < -0.3 is 9.84 Å². The number of hydrogen-bond donors (Lipinski definition) is 1. The Labute approximate surface area is 144 Å². The van der Waals surface area contributed by atoms with Gasteiger partial charge in [-0.05, 0) is 38.5 Å². The van der Waals surface area contributed by atoms with Gasteiger partial charge in [0, 0.05) is 4.88 Å². The van der Waals surface area contributed by atoms with E-state index in [4.69, 9.17) is 4.74 Å². The van der Waals surface area contributed by atoms with Crippen molar-refractivity contribution in [2.75, 3.05) is 6.61 Å². The first-order chi connectivity index (χ1) is 11.4. The van der Waals surface area contributed by atoms with Crippen LogP contribution < -0.4 is 10.3 Å². The van der Waals surface area contributed by atoms with E-state index in [0.717, 1.165) is 26.6 Å². The predicted octanol–water partition coefficient (Wildman–Crippen LogP) is 2.82. The first kappa shape index (κ1) is 16.7. The Kier molecular flexibility index (Phi) is 4.69. The molecule has 0 saturated carbocycles. The van der Waals surface area contributed by atoms with Crippen LogP contribution >= 0.6 is 11.3 Å². The van der Waals surface area contributed by atoms with Gasteiger partial charge in [0.2, 0.25) is 0 Å². The van der Waals surface area contributed by atoms with Crippen LogP contribution in [0.4, 0.5) is 0 Å². The summed E-state index contributed by atoms with van der Waals surface area (Å²) in [6.07, 6.45) is 0.698. The van der Waals surface area contributed by atoms with Crippen LogP contribution in [-0.4, -0.2) is 27.4 Å². The number of fused-ring (bicyclic) bond motifs is 1. The highest BCUT2D eigenvalue weighted by molar-refractivity contribution is 7.18. The third kappa shape index (κ3) is 3.49. The molecule has 1 atom stereocenters. The second-order valence-electron chi connectivity index (χ2n) is 6.01. The van der Waals surface area contributed by atoms with Crippen molar-refractivity contribution in [1.82, 2.24) is 9.55 Å². The highest BCUT2D eigenvalue weighted by Gasteiger charge is 2.12. The van der Waals surface area contributed by atoms with E-state index < -0.39 is 6.10 Å². The van der Waals surface area contributed by atoms with E-state index in [1.165, 1.54) is 22.2 Å². The van der Waals surface area contributed by atoms with Crippen LogP contribution in [0.3, 0.4) is 0 Å². The van der Waals surface area contributed by atoms with E-state index >= 15 is 0 Å². The van der Waals surface area contributed by atoms with Crippen molar-refractivity contribution in [3.63, 3.8) is 0 Å².